The fourth-order valence-electron chi connectivity index (χ4n) is 2.04. The zero-order valence-electron chi connectivity index (χ0n) is 10.6. The van der Waals surface area contributed by atoms with Crippen LogP contribution < -0.4 is 0 Å². The van der Waals surface area contributed by atoms with Crippen LogP contribution >= 0.6 is 11.6 Å². The second-order valence-corrected chi connectivity index (χ2v) is 4.69. The van der Waals surface area contributed by atoms with Crippen molar-refractivity contribution in [2.75, 3.05) is 7.11 Å². The second-order valence-electron chi connectivity index (χ2n) is 4.22. The normalized spacial score (nSPS) is 13.6. The molecule has 0 saturated heterocycles. The first-order chi connectivity index (χ1) is 9.24. The third-order valence-corrected chi connectivity index (χ3v) is 3.53. The third kappa shape index (κ3) is 3.15. The van der Waals surface area contributed by atoms with Crippen molar-refractivity contribution in [2.24, 2.45) is 0 Å². The van der Waals surface area contributed by atoms with Crippen LogP contribution in [0.25, 0.3) is 0 Å². The Labute approximate surface area is 118 Å². The van der Waals surface area contributed by atoms with E-state index in [2.05, 4.69) is 0 Å². The van der Waals surface area contributed by atoms with Crippen molar-refractivity contribution in [1.82, 2.24) is 0 Å². The van der Waals surface area contributed by atoms with E-state index >= 15 is 0 Å². The second kappa shape index (κ2) is 6.39. The number of ether oxygens (including phenoxy) is 1. The zero-order valence-corrected chi connectivity index (χ0v) is 11.4. The van der Waals surface area contributed by atoms with Gasteiger partial charge in [0.2, 0.25) is 0 Å². The van der Waals surface area contributed by atoms with Gasteiger partial charge in [-0.25, -0.2) is 0 Å². The van der Waals surface area contributed by atoms with E-state index < -0.39 is 11.3 Å². The van der Waals surface area contributed by atoms with Crippen LogP contribution in [0.3, 0.4) is 0 Å². The van der Waals surface area contributed by atoms with Crippen LogP contribution in [0.2, 0.25) is 0 Å². The van der Waals surface area contributed by atoms with Crippen LogP contribution in [-0.4, -0.2) is 13.1 Å². The molecule has 0 aromatic heterocycles. The van der Waals surface area contributed by atoms with E-state index in [-0.39, 0.29) is 5.97 Å². The Hall–Kier alpha value is -1.80. The van der Waals surface area contributed by atoms with E-state index in [1.807, 2.05) is 60.7 Å². The highest BCUT2D eigenvalue weighted by atomic mass is 35.5. The number of alkyl halides is 1. The summed E-state index contributed by atoms with van der Waals surface area (Å²) in [5, 5.41) is -0.448. The Morgan fingerprint density at radius 3 is 1.89 bits per heavy atom. The van der Waals surface area contributed by atoms with E-state index in [1.54, 1.807) is 0 Å². The lowest BCUT2D eigenvalue weighted by Crippen LogP contribution is -2.19. The highest BCUT2D eigenvalue weighted by molar-refractivity contribution is 6.22. The quantitative estimate of drug-likeness (QED) is 0.624. The first-order valence-corrected chi connectivity index (χ1v) is 6.49. The van der Waals surface area contributed by atoms with Crippen LogP contribution in [-0.2, 0) is 9.53 Å². The van der Waals surface area contributed by atoms with E-state index in [4.69, 9.17) is 16.3 Å². The first kappa shape index (κ1) is 13.6. The largest absolute Gasteiger partial charge is 0.468 e. The maximum absolute atomic E-state index is 12.0. The Balaban J connectivity index is 2.36. The number of halogens is 1. The van der Waals surface area contributed by atoms with Crippen LogP contribution in [0.1, 0.15) is 22.4 Å². The predicted octanol–water partition coefficient (Wildman–Crippen LogP) is 3.92. The van der Waals surface area contributed by atoms with Crippen LogP contribution in [0.5, 0.6) is 0 Å². The Bertz CT molecular complexity index is 525. The maximum Gasteiger partial charge on any atom is 0.315 e. The molecule has 0 fully saturated rings. The summed E-state index contributed by atoms with van der Waals surface area (Å²) in [4.78, 5) is 12.0. The molecule has 0 N–H and O–H groups in total. The summed E-state index contributed by atoms with van der Waals surface area (Å²) in [6, 6.07) is 19.0. The van der Waals surface area contributed by atoms with Gasteiger partial charge in [0.1, 0.15) is 5.92 Å². The van der Waals surface area contributed by atoms with Gasteiger partial charge in [0.15, 0.2) is 0 Å². The molecule has 2 rings (SSSR count). The predicted molar refractivity (Wildman–Crippen MR) is 76.2 cm³/mol. The lowest BCUT2D eigenvalue weighted by Gasteiger charge is -2.20. The molecule has 2 unspecified atom stereocenters. The standard InChI is InChI=1S/C16H15ClO2/c1-19-16(18)14(12-8-4-2-5-9-12)15(17)13-10-6-3-7-11-13/h2-11,14-15H,1H3. The third-order valence-electron chi connectivity index (χ3n) is 3.02. The molecule has 3 heteroatoms. The summed E-state index contributed by atoms with van der Waals surface area (Å²) in [6.07, 6.45) is 0. The number of methoxy groups -OCH3 is 1. The van der Waals surface area contributed by atoms with Gasteiger partial charge in [-0.2, -0.15) is 0 Å². The van der Waals surface area contributed by atoms with Crippen molar-refractivity contribution in [2.45, 2.75) is 11.3 Å². The fraction of sp³-hybridized carbons (Fsp3) is 0.188. The topological polar surface area (TPSA) is 26.3 Å². The molecule has 2 nitrogen and oxygen atoms in total. The van der Waals surface area contributed by atoms with Crippen molar-refractivity contribution in [3.05, 3.63) is 71.8 Å². The monoisotopic (exact) mass is 274 g/mol. The number of esters is 1. The van der Waals surface area contributed by atoms with Gasteiger partial charge < -0.3 is 4.74 Å². The molecule has 0 spiro atoms. The Kier molecular flexibility index (Phi) is 4.58. The Morgan fingerprint density at radius 2 is 1.42 bits per heavy atom. The molecule has 2 atom stereocenters. The summed E-state index contributed by atoms with van der Waals surface area (Å²) in [5.41, 5.74) is 1.77. The lowest BCUT2D eigenvalue weighted by atomic mass is 9.91. The molecular formula is C16H15ClO2. The number of rotatable bonds is 4. The molecule has 2 aromatic carbocycles. The SMILES string of the molecule is COC(=O)C(c1ccccc1)C(Cl)c1ccccc1. The molecule has 0 saturated carbocycles. The van der Waals surface area contributed by atoms with Gasteiger partial charge >= 0.3 is 5.97 Å². The number of benzene rings is 2. The van der Waals surface area contributed by atoms with Crippen molar-refractivity contribution in [1.29, 1.82) is 0 Å². The van der Waals surface area contributed by atoms with E-state index in [0.717, 1.165) is 11.1 Å². The number of hydrogen-bond acceptors (Lipinski definition) is 2. The summed E-state index contributed by atoms with van der Waals surface area (Å²) >= 11 is 6.48. The molecule has 2 aromatic rings. The minimum absolute atomic E-state index is 0.324. The van der Waals surface area contributed by atoms with Gasteiger partial charge in [-0.15, -0.1) is 11.6 Å². The van der Waals surface area contributed by atoms with Crippen LogP contribution in [0.15, 0.2) is 60.7 Å². The molecule has 0 aliphatic carbocycles. The highest BCUT2D eigenvalue weighted by Crippen LogP contribution is 2.37. The average Bonchev–Trinajstić information content (AvgIpc) is 2.49. The molecule has 0 aliphatic heterocycles. The molecule has 98 valence electrons. The van der Waals surface area contributed by atoms with Crippen molar-refractivity contribution in [3.63, 3.8) is 0 Å². The molecule has 0 heterocycles. The van der Waals surface area contributed by atoms with Gasteiger partial charge in [0.25, 0.3) is 0 Å². The van der Waals surface area contributed by atoms with E-state index in [0.29, 0.717) is 0 Å². The van der Waals surface area contributed by atoms with Gasteiger partial charge in [0, 0.05) is 0 Å². The van der Waals surface area contributed by atoms with Gasteiger partial charge in [-0.1, -0.05) is 60.7 Å². The summed E-state index contributed by atoms with van der Waals surface area (Å²) in [7, 11) is 1.38. The summed E-state index contributed by atoms with van der Waals surface area (Å²) in [6.45, 7) is 0. The van der Waals surface area contributed by atoms with Gasteiger partial charge in [0.05, 0.1) is 12.5 Å². The lowest BCUT2D eigenvalue weighted by molar-refractivity contribution is -0.142. The minimum Gasteiger partial charge on any atom is -0.468 e. The zero-order chi connectivity index (χ0) is 13.7. The van der Waals surface area contributed by atoms with E-state index in [1.165, 1.54) is 7.11 Å². The van der Waals surface area contributed by atoms with Crippen LogP contribution in [0, 0.1) is 0 Å². The highest BCUT2D eigenvalue weighted by Gasteiger charge is 2.30. The fourth-order valence-corrected chi connectivity index (χ4v) is 2.44. The first-order valence-electron chi connectivity index (χ1n) is 6.06. The van der Waals surface area contributed by atoms with Crippen LogP contribution in [0.4, 0.5) is 0 Å². The molecular weight excluding hydrogens is 260 g/mol. The Morgan fingerprint density at radius 1 is 0.947 bits per heavy atom. The van der Waals surface area contributed by atoms with Crippen molar-refractivity contribution >= 4 is 17.6 Å². The number of hydrogen-bond donors (Lipinski definition) is 0. The van der Waals surface area contributed by atoms with E-state index in [9.17, 15) is 4.79 Å². The average molecular weight is 275 g/mol. The number of carbonyl (C=O) groups excluding carboxylic acids is 1. The molecule has 0 bridgehead atoms. The minimum atomic E-state index is -0.504. The van der Waals surface area contributed by atoms with Crippen molar-refractivity contribution in [3.8, 4) is 0 Å². The van der Waals surface area contributed by atoms with Gasteiger partial charge in [-0.3, -0.25) is 4.79 Å². The molecule has 0 amide bonds. The van der Waals surface area contributed by atoms with Gasteiger partial charge in [-0.05, 0) is 11.1 Å². The smallest absolute Gasteiger partial charge is 0.315 e. The number of carbonyl (C=O) groups is 1. The van der Waals surface area contributed by atoms with Crippen molar-refractivity contribution < 1.29 is 9.53 Å². The maximum atomic E-state index is 12.0. The molecule has 19 heavy (non-hydrogen) atoms. The molecule has 0 radical (unpaired) electrons. The summed E-state index contributed by atoms with van der Waals surface area (Å²) < 4.78 is 4.89. The summed E-state index contributed by atoms with van der Waals surface area (Å²) in [5.74, 6) is -0.828. The molecule has 0 aliphatic rings.